The summed E-state index contributed by atoms with van der Waals surface area (Å²) in [5.74, 6) is -0.986. The zero-order chi connectivity index (χ0) is 14.3. The molecule has 1 aliphatic rings. The van der Waals surface area contributed by atoms with E-state index in [9.17, 15) is 23.1 Å². The fraction of sp³-hybridized carbons (Fsp3) is 0.500. The van der Waals surface area contributed by atoms with Crippen LogP contribution in [0.1, 0.15) is 12.1 Å². The Bertz CT molecular complexity index is 525. The number of hydrazone groups is 1. The first-order valence-corrected chi connectivity index (χ1v) is 5.39. The first-order valence-electron chi connectivity index (χ1n) is 5.39. The van der Waals surface area contributed by atoms with Crippen LogP contribution in [0.15, 0.2) is 17.4 Å². The van der Waals surface area contributed by atoms with Crippen LogP contribution >= 0.6 is 0 Å². The average molecular weight is 276 g/mol. The number of aliphatic hydroxyl groups is 1. The molecule has 0 unspecified atom stereocenters. The Morgan fingerprint density at radius 3 is 2.79 bits per heavy atom. The minimum absolute atomic E-state index is 0.0636. The van der Waals surface area contributed by atoms with Gasteiger partial charge in [0.15, 0.2) is 0 Å². The monoisotopic (exact) mass is 276 g/mol. The van der Waals surface area contributed by atoms with E-state index in [0.29, 0.717) is 5.69 Å². The van der Waals surface area contributed by atoms with E-state index in [1.165, 1.54) is 10.9 Å². The first-order chi connectivity index (χ1) is 8.75. The molecule has 0 fully saturated rings. The van der Waals surface area contributed by atoms with E-state index < -0.39 is 30.8 Å². The van der Waals surface area contributed by atoms with Crippen molar-refractivity contribution in [3.8, 4) is 0 Å². The lowest BCUT2D eigenvalue weighted by atomic mass is 10.1. The van der Waals surface area contributed by atoms with E-state index in [1.807, 2.05) is 0 Å². The number of aromatic nitrogens is 2. The van der Waals surface area contributed by atoms with Gasteiger partial charge in [-0.05, 0) is 13.0 Å². The van der Waals surface area contributed by atoms with E-state index in [4.69, 9.17) is 0 Å². The number of hydrogen-bond acceptors (Lipinski definition) is 4. The topological polar surface area (TPSA) is 70.7 Å². The quantitative estimate of drug-likeness (QED) is 0.862. The number of hydrogen-bond donors (Lipinski definition) is 1. The third-order valence-electron chi connectivity index (χ3n) is 2.83. The van der Waals surface area contributed by atoms with Crippen molar-refractivity contribution in [3.05, 3.63) is 18.0 Å². The maximum Gasteiger partial charge on any atom is 0.438 e. The second-order valence-corrected chi connectivity index (χ2v) is 4.15. The Morgan fingerprint density at radius 1 is 1.58 bits per heavy atom. The van der Waals surface area contributed by atoms with E-state index in [1.54, 1.807) is 13.0 Å². The van der Waals surface area contributed by atoms with Crippen molar-refractivity contribution in [2.75, 3.05) is 0 Å². The lowest BCUT2D eigenvalue weighted by molar-refractivity contribution is -0.302. The Kier molecular flexibility index (Phi) is 3.09. The molecule has 0 aliphatic carbocycles. The molecule has 1 aromatic rings. The average Bonchev–Trinajstić information content (AvgIpc) is 2.86. The molecule has 0 saturated carbocycles. The molecule has 1 amide bonds. The second kappa shape index (κ2) is 4.34. The Morgan fingerprint density at radius 2 is 2.26 bits per heavy atom. The Balaban J connectivity index is 2.19. The van der Waals surface area contributed by atoms with Crippen molar-refractivity contribution in [2.45, 2.75) is 31.8 Å². The number of carbonyl (C=O) groups is 1. The SMILES string of the molecule is Cc1ccnn1CC(=O)N1N=CC[C@]1(O)C(F)(F)F. The largest absolute Gasteiger partial charge is 0.438 e. The van der Waals surface area contributed by atoms with Gasteiger partial charge in [-0.25, -0.2) is 0 Å². The summed E-state index contributed by atoms with van der Waals surface area (Å²) in [7, 11) is 0. The molecule has 0 aromatic carbocycles. The fourth-order valence-electron chi connectivity index (χ4n) is 1.70. The van der Waals surface area contributed by atoms with Gasteiger partial charge in [0.05, 0.1) is 0 Å². The summed E-state index contributed by atoms with van der Waals surface area (Å²) >= 11 is 0. The van der Waals surface area contributed by atoms with Gasteiger partial charge in [0.25, 0.3) is 11.6 Å². The molecule has 0 saturated heterocycles. The number of nitrogens with zero attached hydrogens (tertiary/aromatic N) is 4. The minimum Gasteiger partial charge on any atom is -0.362 e. The normalized spacial score (nSPS) is 23.1. The number of rotatable bonds is 2. The third-order valence-corrected chi connectivity index (χ3v) is 2.83. The number of amides is 1. The molecule has 1 aliphatic heterocycles. The summed E-state index contributed by atoms with van der Waals surface area (Å²) in [5, 5.41) is 16.7. The highest BCUT2D eigenvalue weighted by atomic mass is 19.4. The molecular formula is C10H11F3N4O2. The van der Waals surface area contributed by atoms with E-state index in [-0.39, 0.29) is 5.01 Å². The molecule has 19 heavy (non-hydrogen) atoms. The summed E-state index contributed by atoms with van der Waals surface area (Å²) in [5.41, 5.74) is -2.66. The summed E-state index contributed by atoms with van der Waals surface area (Å²) in [6.07, 6.45) is -3.47. The molecule has 2 rings (SSSR count). The molecule has 104 valence electrons. The van der Waals surface area contributed by atoms with Gasteiger partial charge in [-0.15, -0.1) is 0 Å². The van der Waals surface area contributed by atoms with Crippen molar-refractivity contribution in [1.82, 2.24) is 14.8 Å². The van der Waals surface area contributed by atoms with Crippen LogP contribution in [0.5, 0.6) is 0 Å². The van der Waals surface area contributed by atoms with Gasteiger partial charge in [0.1, 0.15) is 6.54 Å². The molecule has 0 radical (unpaired) electrons. The van der Waals surface area contributed by atoms with Gasteiger partial charge in [-0.3, -0.25) is 9.48 Å². The lowest BCUT2D eigenvalue weighted by Crippen LogP contribution is -2.57. The zero-order valence-corrected chi connectivity index (χ0v) is 9.92. The molecule has 9 heteroatoms. The fourth-order valence-corrected chi connectivity index (χ4v) is 1.70. The van der Waals surface area contributed by atoms with Gasteiger partial charge < -0.3 is 5.11 Å². The van der Waals surface area contributed by atoms with Crippen molar-refractivity contribution in [1.29, 1.82) is 0 Å². The third kappa shape index (κ3) is 2.21. The predicted octanol–water partition coefficient (Wildman–Crippen LogP) is 0.661. The standard InChI is InChI=1S/C10H11F3N4O2/c1-7-2-4-14-16(7)6-8(18)17-9(19,3-5-15-17)10(11,12)13/h2,4-5,19H,3,6H2,1H3/t9-/m0/s1. The van der Waals surface area contributed by atoms with Crippen molar-refractivity contribution in [3.63, 3.8) is 0 Å². The maximum atomic E-state index is 12.8. The number of alkyl halides is 3. The van der Waals surface area contributed by atoms with Crippen LogP contribution in [0.3, 0.4) is 0 Å². The van der Waals surface area contributed by atoms with Crippen LogP contribution in [0, 0.1) is 6.92 Å². The highest BCUT2D eigenvalue weighted by molar-refractivity contribution is 5.80. The second-order valence-electron chi connectivity index (χ2n) is 4.15. The smallest absolute Gasteiger partial charge is 0.362 e. The number of carbonyl (C=O) groups excluding carboxylic acids is 1. The number of aryl methyl sites for hydroxylation is 1. The minimum atomic E-state index is -4.97. The Labute approximate surface area is 106 Å². The highest BCUT2D eigenvalue weighted by Gasteiger charge is 2.61. The molecule has 1 atom stereocenters. The lowest BCUT2D eigenvalue weighted by Gasteiger charge is -2.32. The Hall–Kier alpha value is -1.90. The van der Waals surface area contributed by atoms with Crippen LogP contribution in [0.25, 0.3) is 0 Å². The highest BCUT2D eigenvalue weighted by Crippen LogP contribution is 2.38. The van der Waals surface area contributed by atoms with E-state index >= 15 is 0 Å². The van der Waals surface area contributed by atoms with Crippen LogP contribution < -0.4 is 0 Å². The van der Waals surface area contributed by atoms with E-state index in [0.717, 1.165) is 6.21 Å². The molecule has 1 N–H and O–H groups in total. The molecule has 1 aromatic heterocycles. The predicted molar refractivity (Wildman–Crippen MR) is 57.9 cm³/mol. The molecule has 0 bridgehead atoms. The van der Waals surface area contributed by atoms with Gasteiger partial charge in [0.2, 0.25) is 0 Å². The molecule has 6 nitrogen and oxygen atoms in total. The molecule has 0 spiro atoms. The summed E-state index contributed by atoms with van der Waals surface area (Å²) in [6, 6.07) is 1.61. The number of halogens is 3. The van der Waals surface area contributed by atoms with E-state index in [2.05, 4.69) is 10.2 Å². The van der Waals surface area contributed by atoms with Crippen LogP contribution in [-0.4, -0.2) is 43.9 Å². The molecule has 2 heterocycles. The molecular weight excluding hydrogens is 265 g/mol. The maximum absolute atomic E-state index is 12.8. The van der Waals surface area contributed by atoms with Gasteiger partial charge >= 0.3 is 6.18 Å². The van der Waals surface area contributed by atoms with Crippen molar-refractivity contribution >= 4 is 12.1 Å². The van der Waals surface area contributed by atoms with Crippen LogP contribution in [-0.2, 0) is 11.3 Å². The van der Waals surface area contributed by atoms with Crippen molar-refractivity contribution in [2.24, 2.45) is 5.10 Å². The van der Waals surface area contributed by atoms with Gasteiger partial charge in [0, 0.05) is 24.5 Å². The first kappa shape index (κ1) is 13.5. The van der Waals surface area contributed by atoms with Crippen LogP contribution in [0.2, 0.25) is 0 Å². The summed E-state index contributed by atoms with van der Waals surface area (Å²) in [6.45, 7) is 1.23. The van der Waals surface area contributed by atoms with Crippen LogP contribution in [0.4, 0.5) is 13.2 Å². The summed E-state index contributed by atoms with van der Waals surface area (Å²) in [4.78, 5) is 11.8. The van der Waals surface area contributed by atoms with Gasteiger partial charge in [-0.1, -0.05) is 0 Å². The van der Waals surface area contributed by atoms with Gasteiger partial charge in [-0.2, -0.15) is 28.4 Å². The van der Waals surface area contributed by atoms with Crippen molar-refractivity contribution < 1.29 is 23.1 Å². The zero-order valence-electron chi connectivity index (χ0n) is 9.92. The summed E-state index contributed by atoms with van der Waals surface area (Å²) < 4.78 is 39.5.